The fraction of sp³-hybridized carbons (Fsp3) is 0.143. The normalized spacial score (nSPS) is 14.1. The lowest BCUT2D eigenvalue weighted by atomic mass is 9.87. The Kier molecular flexibility index (Phi) is 3.61. The number of aromatic amines is 1. The maximum atomic E-state index is 3.56. The van der Waals surface area contributed by atoms with Crippen LogP contribution in [0.4, 0.5) is 0 Å². The summed E-state index contributed by atoms with van der Waals surface area (Å²) in [5.41, 5.74) is 6.16. The molecule has 6 rings (SSSR count). The van der Waals surface area contributed by atoms with Gasteiger partial charge in [0, 0.05) is 43.6 Å². The SMILES string of the molecule is CCC(C)(c1ccc2[nH]c3ccccc3c2c1)n1c2ccccc2c2ccccc21. The molecule has 0 spiro atoms. The van der Waals surface area contributed by atoms with Crippen molar-refractivity contribution in [3.8, 4) is 0 Å². The Hall–Kier alpha value is -3.52. The van der Waals surface area contributed by atoms with Crippen molar-refractivity contribution in [2.75, 3.05) is 0 Å². The largest absolute Gasteiger partial charge is 0.355 e. The van der Waals surface area contributed by atoms with Crippen molar-refractivity contribution in [1.82, 2.24) is 9.55 Å². The van der Waals surface area contributed by atoms with Gasteiger partial charge in [-0.15, -0.1) is 0 Å². The second-order valence-electron chi connectivity index (χ2n) is 8.43. The van der Waals surface area contributed by atoms with Crippen LogP contribution < -0.4 is 0 Å². The van der Waals surface area contributed by atoms with Gasteiger partial charge in [-0.1, -0.05) is 67.6 Å². The predicted octanol–water partition coefficient (Wildman–Crippen LogP) is 7.60. The van der Waals surface area contributed by atoms with Gasteiger partial charge < -0.3 is 9.55 Å². The molecule has 0 radical (unpaired) electrons. The molecule has 30 heavy (non-hydrogen) atoms. The molecule has 0 aliphatic heterocycles. The number of nitrogens with zero attached hydrogens (tertiary/aromatic N) is 1. The second kappa shape index (κ2) is 6.24. The fourth-order valence-electron chi connectivity index (χ4n) is 5.13. The van der Waals surface area contributed by atoms with E-state index in [1.165, 1.54) is 49.2 Å². The molecule has 0 fully saturated rings. The van der Waals surface area contributed by atoms with Crippen LogP contribution in [0.15, 0.2) is 91.0 Å². The summed E-state index contributed by atoms with van der Waals surface area (Å²) in [4.78, 5) is 3.56. The van der Waals surface area contributed by atoms with Crippen LogP contribution in [-0.2, 0) is 5.54 Å². The summed E-state index contributed by atoms with van der Waals surface area (Å²) in [6, 6.07) is 33.1. The average Bonchev–Trinajstić information content (AvgIpc) is 3.34. The molecule has 1 N–H and O–H groups in total. The molecule has 2 aromatic heterocycles. The van der Waals surface area contributed by atoms with Crippen molar-refractivity contribution in [2.24, 2.45) is 0 Å². The van der Waals surface area contributed by atoms with Crippen LogP contribution in [0, 0.1) is 0 Å². The Morgan fingerprint density at radius 2 is 1.23 bits per heavy atom. The number of hydrogen-bond acceptors (Lipinski definition) is 0. The van der Waals surface area contributed by atoms with Crippen LogP contribution in [0.1, 0.15) is 25.8 Å². The Balaban J connectivity index is 1.69. The van der Waals surface area contributed by atoms with E-state index in [-0.39, 0.29) is 5.54 Å². The van der Waals surface area contributed by atoms with Crippen molar-refractivity contribution < 1.29 is 0 Å². The van der Waals surface area contributed by atoms with Gasteiger partial charge in [-0.25, -0.2) is 0 Å². The topological polar surface area (TPSA) is 20.7 Å². The first kappa shape index (κ1) is 17.3. The van der Waals surface area contributed by atoms with E-state index < -0.39 is 0 Å². The molecule has 4 aromatic carbocycles. The summed E-state index contributed by atoms with van der Waals surface area (Å²) in [5, 5.41) is 5.22. The van der Waals surface area contributed by atoms with Crippen molar-refractivity contribution >= 4 is 43.6 Å². The van der Waals surface area contributed by atoms with Gasteiger partial charge in [-0.05, 0) is 49.2 Å². The van der Waals surface area contributed by atoms with Crippen LogP contribution in [-0.4, -0.2) is 9.55 Å². The van der Waals surface area contributed by atoms with Crippen molar-refractivity contribution in [3.05, 3.63) is 96.6 Å². The van der Waals surface area contributed by atoms with Crippen LogP contribution in [0.25, 0.3) is 43.6 Å². The van der Waals surface area contributed by atoms with E-state index in [1.807, 2.05) is 0 Å². The second-order valence-corrected chi connectivity index (χ2v) is 8.43. The van der Waals surface area contributed by atoms with Gasteiger partial charge in [0.25, 0.3) is 0 Å². The minimum atomic E-state index is -0.157. The predicted molar refractivity (Wildman–Crippen MR) is 128 cm³/mol. The van der Waals surface area contributed by atoms with Gasteiger partial charge in [0.05, 0.1) is 5.54 Å². The van der Waals surface area contributed by atoms with Crippen LogP contribution >= 0.6 is 0 Å². The zero-order valence-electron chi connectivity index (χ0n) is 17.3. The lowest BCUT2D eigenvalue weighted by molar-refractivity contribution is 0.403. The molecule has 2 heterocycles. The monoisotopic (exact) mass is 388 g/mol. The number of rotatable bonds is 3. The summed E-state index contributed by atoms with van der Waals surface area (Å²) in [5.74, 6) is 0. The Morgan fingerprint density at radius 3 is 1.90 bits per heavy atom. The third-order valence-electron chi connectivity index (χ3n) is 6.89. The summed E-state index contributed by atoms with van der Waals surface area (Å²) < 4.78 is 2.55. The molecule has 1 atom stereocenters. The molecule has 0 amide bonds. The summed E-state index contributed by atoms with van der Waals surface area (Å²) in [6.45, 7) is 4.67. The number of H-pyrrole nitrogens is 1. The van der Waals surface area contributed by atoms with E-state index in [0.717, 1.165) is 6.42 Å². The van der Waals surface area contributed by atoms with Gasteiger partial charge in [0.2, 0.25) is 0 Å². The quantitative estimate of drug-likeness (QED) is 0.322. The van der Waals surface area contributed by atoms with Gasteiger partial charge >= 0.3 is 0 Å². The fourth-order valence-corrected chi connectivity index (χ4v) is 5.13. The summed E-state index contributed by atoms with van der Waals surface area (Å²) >= 11 is 0. The zero-order chi connectivity index (χ0) is 20.3. The standard InChI is InChI=1S/C28H24N2/c1-3-28(2,19-16-17-25-23(18-19)20-10-4-7-13-24(20)29-25)30-26-14-8-5-11-21(26)22-12-6-9-15-27(22)30/h4-18,29H,3H2,1-2H3. The maximum absolute atomic E-state index is 3.56. The van der Waals surface area contributed by atoms with Crippen LogP contribution in [0.5, 0.6) is 0 Å². The first-order valence-corrected chi connectivity index (χ1v) is 10.7. The number of para-hydroxylation sites is 3. The molecule has 0 aliphatic rings. The number of hydrogen-bond donors (Lipinski definition) is 1. The van der Waals surface area contributed by atoms with Crippen molar-refractivity contribution in [1.29, 1.82) is 0 Å². The van der Waals surface area contributed by atoms with E-state index >= 15 is 0 Å². The highest BCUT2D eigenvalue weighted by atomic mass is 15.1. The van der Waals surface area contributed by atoms with Crippen molar-refractivity contribution in [3.63, 3.8) is 0 Å². The molecule has 0 aliphatic carbocycles. The molecular weight excluding hydrogens is 364 g/mol. The lowest BCUT2D eigenvalue weighted by Gasteiger charge is -2.33. The smallest absolute Gasteiger partial charge is 0.0672 e. The summed E-state index contributed by atoms with van der Waals surface area (Å²) in [6.07, 6.45) is 1.00. The highest BCUT2D eigenvalue weighted by Crippen LogP contribution is 2.40. The van der Waals surface area contributed by atoms with E-state index in [1.54, 1.807) is 0 Å². The van der Waals surface area contributed by atoms with E-state index in [9.17, 15) is 0 Å². The number of benzene rings is 4. The minimum Gasteiger partial charge on any atom is -0.355 e. The molecular formula is C28H24N2. The molecule has 0 saturated carbocycles. The van der Waals surface area contributed by atoms with Crippen molar-refractivity contribution in [2.45, 2.75) is 25.8 Å². The Bertz CT molecular complexity index is 1500. The number of nitrogens with one attached hydrogen (secondary N) is 1. The molecule has 146 valence electrons. The number of fused-ring (bicyclic) bond motifs is 6. The van der Waals surface area contributed by atoms with Crippen LogP contribution in [0.2, 0.25) is 0 Å². The Morgan fingerprint density at radius 1 is 0.667 bits per heavy atom. The molecule has 1 unspecified atom stereocenters. The van der Waals surface area contributed by atoms with Gasteiger partial charge in [-0.3, -0.25) is 0 Å². The van der Waals surface area contributed by atoms with Gasteiger partial charge in [0.1, 0.15) is 0 Å². The van der Waals surface area contributed by atoms with E-state index in [0.29, 0.717) is 0 Å². The maximum Gasteiger partial charge on any atom is 0.0672 e. The molecule has 0 bridgehead atoms. The lowest BCUT2D eigenvalue weighted by Crippen LogP contribution is -2.30. The summed E-state index contributed by atoms with van der Waals surface area (Å²) in [7, 11) is 0. The first-order valence-electron chi connectivity index (χ1n) is 10.7. The first-order chi connectivity index (χ1) is 14.7. The average molecular weight is 389 g/mol. The highest BCUT2D eigenvalue weighted by Gasteiger charge is 2.30. The Labute approximate surface area is 175 Å². The minimum absolute atomic E-state index is 0.157. The highest BCUT2D eigenvalue weighted by molar-refractivity contribution is 6.09. The molecule has 6 aromatic rings. The third-order valence-corrected chi connectivity index (χ3v) is 6.89. The third kappa shape index (κ3) is 2.25. The van der Waals surface area contributed by atoms with E-state index in [4.69, 9.17) is 0 Å². The number of aromatic nitrogens is 2. The zero-order valence-corrected chi connectivity index (χ0v) is 17.3. The molecule has 2 heteroatoms. The van der Waals surface area contributed by atoms with Gasteiger partial charge in [0.15, 0.2) is 0 Å². The molecule has 0 saturated heterocycles. The van der Waals surface area contributed by atoms with E-state index in [2.05, 4.69) is 114 Å². The molecule has 2 nitrogen and oxygen atoms in total. The van der Waals surface area contributed by atoms with Crippen LogP contribution in [0.3, 0.4) is 0 Å². The van der Waals surface area contributed by atoms with Gasteiger partial charge in [-0.2, -0.15) is 0 Å².